The predicted molar refractivity (Wildman–Crippen MR) is 96.9 cm³/mol. The van der Waals surface area contributed by atoms with Gasteiger partial charge in [-0.15, -0.1) is 0 Å². The number of hydrogen-bond donors (Lipinski definition) is 2. The smallest absolute Gasteiger partial charge is 0.306 e. The largest absolute Gasteiger partial charge is 0.481 e. The molecule has 3 nitrogen and oxygen atoms in total. The first-order chi connectivity index (χ1) is 11.7. The molecule has 0 spiro atoms. The van der Waals surface area contributed by atoms with E-state index in [1.165, 1.54) is 44.1 Å². The monoisotopic (exact) mass is 329 g/mol. The average molecular weight is 329 g/mol. The molecule has 0 heterocycles. The summed E-state index contributed by atoms with van der Waals surface area (Å²) in [6, 6.07) is 11.7. The molecule has 2 aliphatic carbocycles. The van der Waals surface area contributed by atoms with E-state index in [1.54, 1.807) is 0 Å². The average Bonchev–Trinajstić information content (AvgIpc) is 2.63. The summed E-state index contributed by atoms with van der Waals surface area (Å²) < 4.78 is 0. The van der Waals surface area contributed by atoms with Crippen LogP contribution in [0.2, 0.25) is 0 Å². The normalized spacial score (nSPS) is 26.8. The third-order valence-electron chi connectivity index (χ3n) is 6.01. The zero-order valence-corrected chi connectivity index (χ0v) is 14.6. The third-order valence-corrected chi connectivity index (χ3v) is 6.01. The number of rotatable bonds is 6. The van der Waals surface area contributed by atoms with Gasteiger partial charge in [0.2, 0.25) is 0 Å². The lowest BCUT2D eigenvalue weighted by molar-refractivity contribution is -0.142. The first-order valence-electron chi connectivity index (χ1n) is 9.76. The Morgan fingerprint density at radius 3 is 2.29 bits per heavy atom. The van der Waals surface area contributed by atoms with E-state index in [4.69, 9.17) is 0 Å². The van der Waals surface area contributed by atoms with Crippen LogP contribution in [-0.4, -0.2) is 17.1 Å². The summed E-state index contributed by atoms with van der Waals surface area (Å²) in [6.07, 6.45) is 11.8. The van der Waals surface area contributed by atoms with E-state index < -0.39 is 5.97 Å². The SMILES string of the molecule is O=C(O)C1CCC(NC(CC2CCCCC2)c2ccccc2)CC1. The van der Waals surface area contributed by atoms with Gasteiger partial charge in [-0.2, -0.15) is 0 Å². The number of carboxylic acids is 1. The molecule has 2 N–H and O–H groups in total. The Kier molecular flexibility index (Phi) is 6.30. The molecule has 0 amide bonds. The number of benzene rings is 1. The van der Waals surface area contributed by atoms with E-state index in [0.29, 0.717) is 12.1 Å². The van der Waals surface area contributed by atoms with Gasteiger partial charge in [0.25, 0.3) is 0 Å². The summed E-state index contributed by atoms with van der Waals surface area (Å²) in [6.45, 7) is 0. The molecule has 0 bridgehead atoms. The summed E-state index contributed by atoms with van der Waals surface area (Å²) in [5, 5.41) is 13.1. The van der Waals surface area contributed by atoms with Gasteiger partial charge in [-0.3, -0.25) is 4.79 Å². The van der Waals surface area contributed by atoms with E-state index in [1.807, 2.05) is 0 Å². The van der Waals surface area contributed by atoms with Crippen molar-refractivity contribution in [1.82, 2.24) is 5.32 Å². The minimum absolute atomic E-state index is 0.128. The molecule has 0 radical (unpaired) electrons. The van der Waals surface area contributed by atoms with Crippen molar-refractivity contribution in [2.45, 2.75) is 76.3 Å². The first-order valence-corrected chi connectivity index (χ1v) is 9.76. The number of hydrogen-bond acceptors (Lipinski definition) is 2. The molecule has 2 aliphatic rings. The Morgan fingerprint density at radius 1 is 1.00 bits per heavy atom. The van der Waals surface area contributed by atoms with Crippen LogP contribution in [0.25, 0.3) is 0 Å². The lowest BCUT2D eigenvalue weighted by Gasteiger charge is -2.33. The van der Waals surface area contributed by atoms with Crippen molar-refractivity contribution >= 4 is 5.97 Å². The zero-order chi connectivity index (χ0) is 16.8. The second-order valence-electron chi connectivity index (χ2n) is 7.76. The summed E-state index contributed by atoms with van der Waals surface area (Å²) in [7, 11) is 0. The maximum Gasteiger partial charge on any atom is 0.306 e. The highest BCUT2D eigenvalue weighted by Gasteiger charge is 2.28. The van der Waals surface area contributed by atoms with Crippen molar-refractivity contribution in [2.75, 3.05) is 0 Å². The fraction of sp³-hybridized carbons (Fsp3) is 0.667. The molecule has 2 saturated carbocycles. The summed E-state index contributed by atoms with van der Waals surface area (Å²) in [4.78, 5) is 11.1. The zero-order valence-electron chi connectivity index (χ0n) is 14.6. The van der Waals surface area contributed by atoms with Crippen LogP contribution in [0.5, 0.6) is 0 Å². The van der Waals surface area contributed by atoms with E-state index in [9.17, 15) is 9.90 Å². The molecule has 132 valence electrons. The molecule has 1 unspecified atom stereocenters. The van der Waals surface area contributed by atoms with Gasteiger partial charge < -0.3 is 10.4 Å². The molecule has 3 rings (SSSR count). The second kappa shape index (κ2) is 8.66. The van der Waals surface area contributed by atoms with Crippen LogP contribution < -0.4 is 5.32 Å². The molecule has 1 aromatic carbocycles. The number of aliphatic carboxylic acids is 1. The van der Waals surface area contributed by atoms with Crippen molar-refractivity contribution in [3.8, 4) is 0 Å². The summed E-state index contributed by atoms with van der Waals surface area (Å²) in [5.41, 5.74) is 1.39. The van der Waals surface area contributed by atoms with Gasteiger partial charge in [-0.25, -0.2) is 0 Å². The number of carboxylic acid groups (broad SMARTS) is 1. The predicted octanol–water partition coefficient (Wildman–Crippen LogP) is 4.93. The fourth-order valence-electron chi connectivity index (χ4n) is 4.53. The van der Waals surface area contributed by atoms with Crippen LogP contribution in [0.3, 0.4) is 0 Å². The van der Waals surface area contributed by atoms with Crippen molar-refractivity contribution in [3.05, 3.63) is 35.9 Å². The highest BCUT2D eigenvalue weighted by molar-refractivity contribution is 5.70. The van der Waals surface area contributed by atoms with Crippen molar-refractivity contribution in [2.24, 2.45) is 11.8 Å². The summed E-state index contributed by atoms with van der Waals surface area (Å²) in [5.74, 6) is 0.0960. The molecule has 2 fully saturated rings. The van der Waals surface area contributed by atoms with E-state index in [0.717, 1.165) is 31.6 Å². The van der Waals surface area contributed by atoms with Gasteiger partial charge in [0.1, 0.15) is 0 Å². The highest BCUT2D eigenvalue weighted by atomic mass is 16.4. The molecule has 0 aromatic heterocycles. The fourth-order valence-corrected chi connectivity index (χ4v) is 4.53. The van der Waals surface area contributed by atoms with Gasteiger partial charge in [0.15, 0.2) is 0 Å². The molecule has 3 heteroatoms. The Labute approximate surface area is 145 Å². The Morgan fingerprint density at radius 2 is 1.67 bits per heavy atom. The van der Waals surface area contributed by atoms with Gasteiger partial charge >= 0.3 is 5.97 Å². The molecule has 0 aliphatic heterocycles. The van der Waals surface area contributed by atoms with Crippen LogP contribution in [0.15, 0.2) is 30.3 Å². The maximum absolute atomic E-state index is 11.1. The molecule has 1 aromatic rings. The van der Waals surface area contributed by atoms with E-state index >= 15 is 0 Å². The molecular weight excluding hydrogens is 298 g/mol. The molecular formula is C21H31NO2. The molecule has 0 saturated heterocycles. The lowest BCUT2D eigenvalue weighted by atomic mass is 9.82. The lowest BCUT2D eigenvalue weighted by Crippen LogP contribution is -2.38. The van der Waals surface area contributed by atoms with Crippen molar-refractivity contribution in [1.29, 1.82) is 0 Å². The van der Waals surface area contributed by atoms with E-state index in [-0.39, 0.29) is 5.92 Å². The third kappa shape index (κ3) is 4.83. The quantitative estimate of drug-likeness (QED) is 0.778. The highest BCUT2D eigenvalue weighted by Crippen LogP contribution is 2.33. The minimum Gasteiger partial charge on any atom is -0.481 e. The topological polar surface area (TPSA) is 49.3 Å². The molecule has 1 atom stereocenters. The number of nitrogens with one attached hydrogen (secondary N) is 1. The van der Waals surface area contributed by atoms with Crippen molar-refractivity contribution in [3.63, 3.8) is 0 Å². The van der Waals surface area contributed by atoms with Gasteiger partial charge in [-0.05, 0) is 43.6 Å². The Balaban J connectivity index is 1.61. The Hall–Kier alpha value is -1.35. The van der Waals surface area contributed by atoms with E-state index in [2.05, 4.69) is 35.6 Å². The standard InChI is InChI=1S/C21H31NO2/c23-21(24)18-11-13-19(14-12-18)22-20(17-9-5-2-6-10-17)15-16-7-3-1-4-8-16/h2,5-6,9-10,16,18-20,22H,1,3-4,7-8,11-15H2,(H,23,24). The van der Waals surface area contributed by atoms with Crippen LogP contribution in [0.4, 0.5) is 0 Å². The number of carbonyl (C=O) groups is 1. The van der Waals surface area contributed by atoms with Crippen LogP contribution in [0, 0.1) is 11.8 Å². The van der Waals surface area contributed by atoms with Gasteiger partial charge in [0.05, 0.1) is 5.92 Å². The Bertz CT molecular complexity index is 502. The van der Waals surface area contributed by atoms with Crippen molar-refractivity contribution < 1.29 is 9.90 Å². The maximum atomic E-state index is 11.1. The van der Waals surface area contributed by atoms with Crippen LogP contribution in [0.1, 0.15) is 75.8 Å². The minimum atomic E-state index is -0.615. The first kappa shape index (κ1) is 17.5. The summed E-state index contributed by atoms with van der Waals surface area (Å²) >= 11 is 0. The van der Waals surface area contributed by atoms with Crippen LogP contribution >= 0.6 is 0 Å². The van der Waals surface area contributed by atoms with Gasteiger partial charge in [-0.1, -0.05) is 62.4 Å². The second-order valence-corrected chi connectivity index (χ2v) is 7.76. The van der Waals surface area contributed by atoms with Crippen LogP contribution in [-0.2, 0) is 4.79 Å². The molecule has 24 heavy (non-hydrogen) atoms. The van der Waals surface area contributed by atoms with Gasteiger partial charge in [0, 0.05) is 12.1 Å².